The summed E-state index contributed by atoms with van der Waals surface area (Å²) in [5.41, 5.74) is 0.836. The molecule has 0 fully saturated rings. The van der Waals surface area contributed by atoms with E-state index < -0.39 is 0 Å². The molecule has 0 spiro atoms. The van der Waals surface area contributed by atoms with Crippen molar-refractivity contribution in [3.05, 3.63) is 40.2 Å². The van der Waals surface area contributed by atoms with Gasteiger partial charge in [0.2, 0.25) is 5.13 Å². The van der Waals surface area contributed by atoms with E-state index in [0.717, 1.165) is 5.01 Å². The van der Waals surface area contributed by atoms with E-state index in [9.17, 15) is 9.18 Å². The van der Waals surface area contributed by atoms with Crippen LogP contribution in [0.25, 0.3) is 0 Å². The first-order valence-electron chi connectivity index (χ1n) is 4.94. The number of rotatable bonds is 2. The molecule has 1 amide bonds. The Morgan fingerprint density at radius 1 is 1.35 bits per heavy atom. The molecular weight excluding hydrogens is 241 g/mol. The molecular formula is C11H10FN3OS. The quantitative estimate of drug-likeness (QED) is 0.892. The first kappa shape index (κ1) is 11.7. The molecule has 0 aliphatic carbocycles. The van der Waals surface area contributed by atoms with Crippen molar-refractivity contribution in [2.45, 2.75) is 13.8 Å². The van der Waals surface area contributed by atoms with Gasteiger partial charge in [-0.3, -0.25) is 10.1 Å². The van der Waals surface area contributed by atoms with E-state index in [4.69, 9.17) is 0 Å². The standard InChI is InChI=1S/C11H10FN3OS/c1-6-5-8(3-4-9(6)12)10(16)13-11-15-14-7(2)17-11/h3-5H,1-2H3,(H,13,15,16). The summed E-state index contributed by atoms with van der Waals surface area (Å²) < 4.78 is 13.0. The van der Waals surface area contributed by atoms with Gasteiger partial charge in [-0.25, -0.2) is 4.39 Å². The van der Waals surface area contributed by atoms with E-state index >= 15 is 0 Å². The molecule has 0 saturated heterocycles. The number of nitrogens with one attached hydrogen (secondary N) is 1. The van der Waals surface area contributed by atoms with E-state index in [1.165, 1.54) is 29.5 Å². The second-order valence-electron chi connectivity index (χ2n) is 3.54. The molecule has 88 valence electrons. The number of hydrogen-bond donors (Lipinski definition) is 1. The van der Waals surface area contributed by atoms with Gasteiger partial charge < -0.3 is 0 Å². The fourth-order valence-corrected chi connectivity index (χ4v) is 1.89. The lowest BCUT2D eigenvalue weighted by Gasteiger charge is -2.02. The van der Waals surface area contributed by atoms with Crippen LogP contribution in [0.3, 0.4) is 0 Å². The van der Waals surface area contributed by atoms with Crippen molar-refractivity contribution in [1.29, 1.82) is 0 Å². The van der Waals surface area contributed by atoms with Crippen LogP contribution >= 0.6 is 11.3 Å². The maximum Gasteiger partial charge on any atom is 0.257 e. The summed E-state index contributed by atoms with van der Waals surface area (Å²) in [5.74, 6) is -0.641. The number of amides is 1. The number of aromatic nitrogens is 2. The maximum absolute atomic E-state index is 13.0. The number of halogens is 1. The fraction of sp³-hybridized carbons (Fsp3) is 0.182. The van der Waals surface area contributed by atoms with E-state index in [2.05, 4.69) is 15.5 Å². The number of aryl methyl sites for hydroxylation is 2. The second-order valence-corrected chi connectivity index (χ2v) is 4.73. The number of carbonyl (C=O) groups is 1. The zero-order chi connectivity index (χ0) is 12.4. The van der Waals surface area contributed by atoms with Crippen LogP contribution in [0, 0.1) is 19.7 Å². The van der Waals surface area contributed by atoms with Crippen LogP contribution in [0.4, 0.5) is 9.52 Å². The van der Waals surface area contributed by atoms with Crippen LogP contribution in [-0.2, 0) is 0 Å². The summed E-state index contributed by atoms with van der Waals surface area (Å²) in [5, 5.41) is 11.4. The Bertz CT molecular complexity index is 568. The van der Waals surface area contributed by atoms with Gasteiger partial charge in [0.15, 0.2) is 0 Å². The van der Waals surface area contributed by atoms with Crippen LogP contribution < -0.4 is 5.32 Å². The molecule has 0 saturated carbocycles. The van der Waals surface area contributed by atoms with Crippen molar-refractivity contribution in [2.75, 3.05) is 5.32 Å². The summed E-state index contributed by atoms with van der Waals surface area (Å²) in [4.78, 5) is 11.8. The van der Waals surface area contributed by atoms with Crippen molar-refractivity contribution in [1.82, 2.24) is 10.2 Å². The molecule has 1 aromatic heterocycles. The minimum absolute atomic E-state index is 0.316. The van der Waals surface area contributed by atoms with E-state index in [1.807, 2.05) is 0 Å². The Balaban J connectivity index is 2.17. The van der Waals surface area contributed by atoms with Crippen LogP contribution in [-0.4, -0.2) is 16.1 Å². The highest BCUT2D eigenvalue weighted by Crippen LogP contribution is 2.16. The number of benzene rings is 1. The van der Waals surface area contributed by atoms with E-state index in [0.29, 0.717) is 16.3 Å². The summed E-state index contributed by atoms with van der Waals surface area (Å²) in [6.07, 6.45) is 0. The zero-order valence-corrected chi connectivity index (χ0v) is 10.1. The van der Waals surface area contributed by atoms with Crippen molar-refractivity contribution >= 4 is 22.4 Å². The van der Waals surface area contributed by atoms with Crippen LogP contribution in [0.2, 0.25) is 0 Å². The summed E-state index contributed by atoms with van der Waals surface area (Å²) in [6.45, 7) is 3.41. The third kappa shape index (κ3) is 2.65. The predicted molar refractivity (Wildman–Crippen MR) is 63.7 cm³/mol. The molecule has 0 atom stereocenters. The van der Waals surface area contributed by atoms with Crippen molar-refractivity contribution in [3.8, 4) is 0 Å². The number of hydrogen-bond acceptors (Lipinski definition) is 4. The molecule has 0 radical (unpaired) electrons. The smallest absolute Gasteiger partial charge is 0.257 e. The van der Waals surface area contributed by atoms with Gasteiger partial charge in [0.05, 0.1) is 0 Å². The first-order chi connectivity index (χ1) is 8.06. The average Bonchev–Trinajstić information content (AvgIpc) is 2.68. The molecule has 2 rings (SSSR count). The Morgan fingerprint density at radius 3 is 2.71 bits per heavy atom. The van der Waals surface area contributed by atoms with E-state index in [1.54, 1.807) is 13.8 Å². The molecule has 0 aliphatic rings. The Kier molecular flexibility index (Phi) is 3.14. The van der Waals surface area contributed by atoms with E-state index in [-0.39, 0.29) is 11.7 Å². The fourth-order valence-electron chi connectivity index (χ4n) is 1.30. The highest BCUT2D eigenvalue weighted by atomic mass is 32.1. The molecule has 17 heavy (non-hydrogen) atoms. The monoisotopic (exact) mass is 251 g/mol. The van der Waals surface area contributed by atoms with Gasteiger partial charge in [0, 0.05) is 5.56 Å². The first-order valence-corrected chi connectivity index (χ1v) is 5.75. The highest BCUT2D eigenvalue weighted by molar-refractivity contribution is 7.15. The van der Waals surface area contributed by atoms with Gasteiger partial charge in [-0.1, -0.05) is 11.3 Å². The summed E-state index contributed by atoms with van der Waals surface area (Å²) in [6, 6.07) is 4.21. The minimum atomic E-state index is -0.326. The SMILES string of the molecule is Cc1nnc(NC(=O)c2ccc(F)c(C)c2)s1. The molecule has 1 heterocycles. The van der Waals surface area contributed by atoms with Crippen LogP contribution in [0.1, 0.15) is 20.9 Å². The summed E-state index contributed by atoms with van der Waals surface area (Å²) in [7, 11) is 0. The molecule has 4 nitrogen and oxygen atoms in total. The van der Waals surface area contributed by atoms with Gasteiger partial charge in [0.1, 0.15) is 10.8 Å². The topological polar surface area (TPSA) is 54.9 Å². The molecule has 0 aliphatic heterocycles. The molecule has 2 aromatic rings. The molecule has 0 unspecified atom stereocenters. The Morgan fingerprint density at radius 2 is 2.12 bits per heavy atom. The minimum Gasteiger partial charge on any atom is -0.296 e. The van der Waals surface area contributed by atoms with Crippen molar-refractivity contribution in [2.24, 2.45) is 0 Å². The number of carbonyl (C=O) groups excluding carboxylic acids is 1. The molecule has 1 aromatic carbocycles. The lowest BCUT2D eigenvalue weighted by molar-refractivity contribution is 0.102. The highest BCUT2D eigenvalue weighted by Gasteiger charge is 2.10. The number of anilines is 1. The zero-order valence-electron chi connectivity index (χ0n) is 9.32. The van der Waals surface area contributed by atoms with Crippen LogP contribution in [0.5, 0.6) is 0 Å². The summed E-state index contributed by atoms with van der Waals surface area (Å²) >= 11 is 1.29. The van der Waals surface area contributed by atoms with Gasteiger partial charge in [-0.2, -0.15) is 0 Å². The normalized spacial score (nSPS) is 10.3. The average molecular weight is 251 g/mol. The maximum atomic E-state index is 13.0. The van der Waals surface area contributed by atoms with Crippen molar-refractivity contribution < 1.29 is 9.18 Å². The van der Waals surface area contributed by atoms with Gasteiger partial charge in [-0.05, 0) is 37.6 Å². The second kappa shape index (κ2) is 4.58. The van der Waals surface area contributed by atoms with Crippen molar-refractivity contribution in [3.63, 3.8) is 0 Å². The van der Waals surface area contributed by atoms with Gasteiger partial charge in [-0.15, -0.1) is 10.2 Å². The van der Waals surface area contributed by atoms with Gasteiger partial charge in [0.25, 0.3) is 5.91 Å². The Hall–Kier alpha value is -1.82. The lowest BCUT2D eigenvalue weighted by atomic mass is 10.1. The molecule has 6 heteroatoms. The van der Waals surface area contributed by atoms with Gasteiger partial charge >= 0.3 is 0 Å². The lowest BCUT2D eigenvalue weighted by Crippen LogP contribution is -2.12. The molecule has 0 bridgehead atoms. The Labute approximate surface area is 102 Å². The molecule has 1 N–H and O–H groups in total. The predicted octanol–water partition coefficient (Wildman–Crippen LogP) is 2.55. The van der Waals surface area contributed by atoms with Crippen LogP contribution in [0.15, 0.2) is 18.2 Å². The largest absolute Gasteiger partial charge is 0.296 e. The third-order valence-corrected chi connectivity index (χ3v) is 2.92. The number of nitrogens with zero attached hydrogens (tertiary/aromatic N) is 2. The third-order valence-electron chi connectivity index (χ3n) is 2.17.